The van der Waals surface area contributed by atoms with E-state index in [0.29, 0.717) is 6.04 Å². The summed E-state index contributed by atoms with van der Waals surface area (Å²) in [5, 5.41) is 0. The van der Waals surface area contributed by atoms with E-state index < -0.39 is 0 Å². The highest BCUT2D eigenvalue weighted by molar-refractivity contribution is 8.12. The van der Waals surface area contributed by atoms with Gasteiger partial charge >= 0.3 is 0 Å². The van der Waals surface area contributed by atoms with Crippen molar-refractivity contribution < 1.29 is 0 Å². The summed E-state index contributed by atoms with van der Waals surface area (Å²) in [7, 11) is 0. The van der Waals surface area contributed by atoms with Crippen LogP contribution in [0.3, 0.4) is 0 Å². The van der Waals surface area contributed by atoms with Crippen LogP contribution in [0.5, 0.6) is 0 Å². The first-order valence-corrected chi connectivity index (χ1v) is 11.2. The van der Waals surface area contributed by atoms with Crippen molar-refractivity contribution in [2.45, 2.75) is 24.8 Å². The molecule has 7 heteroatoms. The lowest BCUT2D eigenvalue weighted by molar-refractivity contribution is 0.221. The van der Waals surface area contributed by atoms with Gasteiger partial charge in [-0.05, 0) is 18.2 Å². The van der Waals surface area contributed by atoms with Crippen LogP contribution in [0.25, 0.3) is 0 Å². The summed E-state index contributed by atoms with van der Waals surface area (Å²) >= 11 is 3.53. The zero-order valence-electron chi connectivity index (χ0n) is 15.5. The molecule has 26 heavy (non-hydrogen) atoms. The fraction of sp³-hybridized carbons (Fsp3) is 0.526. The molecule has 1 atom stereocenters. The first-order chi connectivity index (χ1) is 12.8. The summed E-state index contributed by atoms with van der Waals surface area (Å²) in [5.74, 6) is 2.89. The highest BCUT2D eigenvalue weighted by Crippen LogP contribution is 2.20. The average Bonchev–Trinajstić information content (AvgIpc) is 2.82. The Balaban J connectivity index is 1.57. The van der Waals surface area contributed by atoms with Gasteiger partial charge in [0.1, 0.15) is 0 Å². The van der Waals surface area contributed by atoms with Crippen molar-refractivity contribution in [1.29, 1.82) is 0 Å². The summed E-state index contributed by atoms with van der Waals surface area (Å²) in [6.45, 7) is 9.21. The molecular weight excluding hydrogens is 362 g/mol. The Hall–Kier alpha value is -1.31. The van der Waals surface area contributed by atoms with Crippen LogP contribution in [0.2, 0.25) is 0 Å². The quantitative estimate of drug-likeness (QED) is 0.720. The molecule has 0 aromatic carbocycles. The van der Waals surface area contributed by atoms with Gasteiger partial charge < -0.3 is 4.90 Å². The maximum Gasteiger partial charge on any atom is 0.225 e. The van der Waals surface area contributed by atoms with E-state index >= 15 is 0 Å². The second kappa shape index (κ2) is 10.1. The van der Waals surface area contributed by atoms with E-state index in [1.54, 1.807) is 23.5 Å². The number of aliphatic imine (C=N–C) groups is 1. The molecule has 140 valence electrons. The Bertz CT molecular complexity index is 648. The molecule has 5 nitrogen and oxygen atoms in total. The zero-order chi connectivity index (χ0) is 18.2. The number of hydrogen-bond acceptors (Lipinski definition) is 7. The number of thioether (sulfide) groups is 2. The Morgan fingerprint density at radius 3 is 2.69 bits per heavy atom. The number of piperazine rings is 1. The summed E-state index contributed by atoms with van der Waals surface area (Å²) < 4.78 is 0. The lowest BCUT2D eigenvalue weighted by atomic mass is 10.1. The molecule has 0 bridgehead atoms. The topological polar surface area (TPSA) is 44.6 Å². The fourth-order valence-corrected chi connectivity index (χ4v) is 4.22. The van der Waals surface area contributed by atoms with Gasteiger partial charge in [0.15, 0.2) is 0 Å². The highest BCUT2D eigenvalue weighted by atomic mass is 32.2. The Kier molecular flexibility index (Phi) is 7.58. The Morgan fingerprint density at radius 2 is 1.96 bits per heavy atom. The van der Waals surface area contributed by atoms with Crippen molar-refractivity contribution in [2.75, 3.05) is 49.1 Å². The number of nitrogens with zero attached hydrogens (tertiary/aromatic N) is 5. The van der Waals surface area contributed by atoms with Crippen molar-refractivity contribution >= 4 is 35.0 Å². The van der Waals surface area contributed by atoms with Crippen LogP contribution >= 0.6 is 23.5 Å². The smallest absolute Gasteiger partial charge is 0.225 e. The van der Waals surface area contributed by atoms with Crippen molar-refractivity contribution in [3.8, 4) is 0 Å². The minimum absolute atomic E-state index is 0.413. The maximum atomic E-state index is 4.55. The van der Waals surface area contributed by atoms with Crippen molar-refractivity contribution in [2.24, 2.45) is 4.99 Å². The van der Waals surface area contributed by atoms with E-state index in [9.17, 15) is 0 Å². The number of aromatic nitrogens is 2. The van der Waals surface area contributed by atoms with Gasteiger partial charge in [-0.15, -0.1) is 23.5 Å². The summed E-state index contributed by atoms with van der Waals surface area (Å²) in [4.78, 5) is 19.5. The first-order valence-electron chi connectivity index (χ1n) is 9.18. The molecule has 3 rings (SSSR count). The minimum atomic E-state index is 0.413. The monoisotopic (exact) mass is 389 g/mol. The third-order valence-corrected chi connectivity index (χ3v) is 6.15. The second-order valence-corrected chi connectivity index (χ2v) is 8.48. The van der Waals surface area contributed by atoms with E-state index in [-0.39, 0.29) is 0 Å². The molecule has 0 amide bonds. The molecule has 1 aromatic heterocycles. The normalized spacial score (nSPS) is 20.2. The number of hydrogen-bond donors (Lipinski definition) is 0. The molecule has 1 unspecified atom stereocenters. The van der Waals surface area contributed by atoms with Gasteiger partial charge in [0.25, 0.3) is 0 Å². The average molecular weight is 390 g/mol. The summed E-state index contributed by atoms with van der Waals surface area (Å²) in [6, 6.07) is 0.413. The van der Waals surface area contributed by atoms with Crippen LogP contribution in [0.1, 0.15) is 13.8 Å². The second-order valence-electron chi connectivity index (χ2n) is 6.26. The predicted octanol–water partition coefficient (Wildman–Crippen LogP) is 3.36. The van der Waals surface area contributed by atoms with E-state index in [1.165, 1.54) is 5.57 Å². The SMILES string of the molecule is CCSc1cnc(N2CCN(C(C)C3=CCN=CSCC=C3)CC2)nc1. The van der Waals surface area contributed by atoms with Gasteiger partial charge in [0, 0.05) is 55.3 Å². The summed E-state index contributed by atoms with van der Waals surface area (Å²) in [6.07, 6.45) is 10.6. The molecule has 0 spiro atoms. The maximum absolute atomic E-state index is 4.55. The molecule has 2 aliphatic heterocycles. The van der Waals surface area contributed by atoms with Gasteiger partial charge in [-0.25, -0.2) is 9.97 Å². The molecule has 1 saturated heterocycles. The van der Waals surface area contributed by atoms with Crippen LogP contribution < -0.4 is 4.90 Å². The van der Waals surface area contributed by atoms with Crippen LogP contribution in [0.4, 0.5) is 5.95 Å². The molecule has 0 aliphatic carbocycles. The largest absolute Gasteiger partial charge is 0.338 e. The number of rotatable bonds is 5. The molecule has 1 aromatic rings. The Labute approximate surface area is 165 Å². The standard InChI is InChI=1S/C19H27N5S2/c1-3-26-18-13-21-19(22-14-18)24-10-8-23(9-11-24)16(2)17-5-4-12-25-15-20-7-6-17/h4-6,13-16H,3,7-12H2,1-2H3. The minimum Gasteiger partial charge on any atom is -0.338 e. The number of anilines is 1. The fourth-order valence-electron chi connectivity index (χ4n) is 3.15. The van der Waals surface area contributed by atoms with Gasteiger partial charge in [-0.2, -0.15) is 0 Å². The van der Waals surface area contributed by atoms with E-state index in [1.807, 2.05) is 17.9 Å². The Morgan fingerprint density at radius 1 is 1.19 bits per heavy atom. The third-order valence-electron chi connectivity index (χ3n) is 4.64. The van der Waals surface area contributed by atoms with Crippen molar-refractivity contribution in [3.05, 3.63) is 36.2 Å². The van der Waals surface area contributed by atoms with Gasteiger partial charge in [-0.3, -0.25) is 9.89 Å². The molecule has 0 saturated carbocycles. The predicted molar refractivity (Wildman–Crippen MR) is 115 cm³/mol. The molecule has 3 heterocycles. The van der Waals surface area contributed by atoms with Gasteiger partial charge in [-0.1, -0.05) is 25.2 Å². The van der Waals surface area contributed by atoms with Crippen LogP contribution in [0, 0.1) is 0 Å². The van der Waals surface area contributed by atoms with Gasteiger partial charge in [0.05, 0.1) is 12.1 Å². The summed E-state index contributed by atoms with van der Waals surface area (Å²) in [5.41, 5.74) is 3.33. The molecule has 0 N–H and O–H groups in total. The first kappa shape index (κ1) is 19.5. The van der Waals surface area contributed by atoms with Crippen LogP contribution in [-0.4, -0.2) is 70.7 Å². The van der Waals surface area contributed by atoms with Crippen molar-refractivity contribution in [3.63, 3.8) is 0 Å². The van der Waals surface area contributed by atoms with E-state index in [2.05, 4.69) is 56.8 Å². The highest BCUT2D eigenvalue weighted by Gasteiger charge is 2.23. The lowest BCUT2D eigenvalue weighted by Crippen LogP contribution is -2.50. The zero-order valence-corrected chi connectivity index (χ0v) is 17.2. The molecule has 1 fully saturated rings. The molecule has 0 radical (unpaired) electrons. The van der Waals surface area contributed by atoms with Crippen LogP contribution in [0.15, 0.2) is 46.1 Å². The third kappa shape index (κ3) is 5.34. The van der Waals surface area contributed by atoms with E-state index in [4.69, 9.17) is 0 Å². The van der Waals surface area contributed by atoms with Crippen LogP contribution in [-0.2, 0) is 0 Å². The van der Waals surface area contributed by atoms with Crippen molar-refractivity contribution in [1.82, 2.24) is 14.9 Å². The lowest BCUT2D eigenvalue weighted by Gasteiger charge is -2.38. The molecular formula is C19H27N5S2. The molecule has 2 aliphatic rings. The van der Waals surface area contributed by atoms with Gasteiger partial charge in [0.2, 0.25) is 5.95 Å². The van der Waals surface area contributed by atoms with E-state index in [0.717, 1.165) is 55.1 Å².